The van der Waals surface area contributed by atoms with Crippen molar-refractivity contribution in [2.45, 2.75) is 19.8 Å². The Morgan fingerprint density at radius 3 is 1.81 bits per heavy atom. The summed E-state index contributed by atoms with van der Waals surface area (Å²) in [5.41, 5.74) is 0. The van der Waals surface area contributed by atoms with E-state index in [0.29, 0.717) is 6.61 Å². The van der Waals surface area contributed by atoms with Crippen LogP contribution in [0.25, 0.3) is 0 Å². The smallest absolute Gasteiger partial charge is 0.379 e. The molecule has 154 valence electrons. The first-order valence-electron chi connectivity index (χ1n) is 8.23. The highest BCUT2D eigenvalue weighted by molar-refractivity contribution is 7.52. The molecular weight excluding hydrogens is 388 g/mol. The zero-order valence-corrected chi connectivity index (χ0v) is 17.4. The zero-order chi connectivity index (χ0) is 19.7. The molecule has 0 aromatic carbocycles. The minimum atomic E-state index is -3.79. The highest BCUT2D eigenvalue weighted by Gasteiger charge is 2.26. The maximum Gasteiger partial charge on any atom is 0.474 e. The van der Waals surface area contributed by atoms with E-state index in [1.165, 1.54) is 13.8 Å². The summed E-state index contributed by atoms with van der Waals surface area (Å²) in [6.07, 6.45) is 0.930. The van der Waals surface area contributed by atoms with E-state index in [-0.39, 0.29) is 52.7 Å². The van der Waals surface area contributed by atoms with Crippen molar-refractivity contribution in [2.75, 3.05) is 66.6 Å². The molecule has 26 heavy (non-hydrogen) atoms. The molecular formula is C14H29NO9P2. The van der Waals surface area contributed by atoms with Crippen LogP contribution < -0.4 is 0 Å². The Hall–Kier alpha value is -0.330. The van der Waals surface area contributed by atoms with Gasteiger partial charge in [0.05, 0.1) is 58.7 Å². The molecule has 0 amide bonds. The van der Waals surface area contributed by atoms with E-state index in [4.69, 9.17) is 32.8 Å². The van der Waals surface area contributed by atoms with Crippen LogP contribution in [0.15, 0.2) is 0 Å². The normalized spacial score (nSPS) is 15.9. The van der Waals surface area contributed by atoms with Gasteiger partial charge in [-0.05, 0) is 6.42 Å². The molecule has 2 unspecified atom stereocenters. The van der Waals surface area contributed by atoms with Gasteiger partial charge in [0.1, 0.15) is 0 Å². The average molecular weight is 417 g/mol. The van der Waals surface area contributed by atoms with Gasteiger partial charge in [-0.3, -0.25) is 18.1 Å². The van der Waals surface area contributed by atoms with Crippen LogP contribution in [0, 0.1) is 11.3 Å². The van der Waals surface area contributed by atoms with Gasteiger partial charge in [0.25, 0.3) is 0 Å². The number of phosphoric acid groups is 1. The Morgan fingerprint density at radius 2 is 1.31 bits per heavy atom. The molecule has 0 rings (SSSR count). The van der Waals surface area contributed by atoms with Crippen LogP contribution >= 0.6 is 15.4 Å². The van der Waals surface area contributed by atoms with Crippen molar-refractivity contribution in [3.05, 3.63) is 0 Å². The van der Waals surface area contributed by atoms with Crippen molar-refractivity contribution >= 4 is 15.4 Å². The molecule has 0 aliphatic rings. The lowest BCUT2D eigenvalue weighted by Gasteiger charge is -2.17. The van der Waals surface area contributed by atoms with Gasteiger partial charge in [0.2, 0.25) is 0 Å². The molecule has 0 aliphatic carbocycles. The predicted octanol–water partition coefficient (Wildman–Crippen LogP) is 2.99. The van der Waals surface area contributed by atoms with E-state index in [0.717, 1.165) is 6.42 Å². The molecule has 0 spiro atoms. The van der Waals surface area contributed by atoms with E-state index in [2.05, 4.69) is 4.52 Å². The zero-order valence-electron chi connectivity index (χ0n) is 15.6. The molecule has 12 heteroatoms. The van der Waals surface area contributed by atoms with Gasteiger partial charge < -0.3 is 18.5 Å². The molecule has 0 aliphatic heterocycles. The Balaban J connectivity index is 4.03. The van der Waals surface area contributed by atoms with Crippen LogP contribution in [-0.4, -0.2) is 66.6 Å². The average Bonchev–Trinajstić information content (AvgIpc) is 2.61. The summed E-state index contributed by atoms with van der Waals surface area (Å²) in [6, 6.07) is 1.88. The third-order valence-corrected chi connectivity index (χ3v) is 5.46. The predicted molar refractivity (Wildman–Crippen MR) is 94.1 cm³/mol. The van der Waals surface area contributed by atoms with Crippen molar-refractivity contribution in [1.29, 1.82) is 5.26 Å². The summed E-state index contributed by atoms with van der Waals surface area (Å²) >= 11 is 0. The van der Waals surface area contributed by atoms with E-state index >= 15 is 0 Å². The van der Waals surface area contributed by atoms with Crippen LogP contribution in [0.5, 0.6) is 0 Å². The molecule has 0 saturated heterocycles. The van der Waals surface area contributed by atoms with Gasteiger partial charge in [0, 0.05) is 20.4 Å². The van der Waals surface area contributed by atoms with Gasteiger partial charge in [-0.25, -0.2) is 4.57 Å². The Morgan fingerprint density at radius 1 is 0.808 bits per heavy atom. The Kier molecular flexibility index (Phi) is 15.5. The number of hydrogen-bond donors (Lipinski definition) is 0. The highest BCUT2D eigenvalue weighted by atomic mass is 31.2. The van der Waals surface area contributed by atoms with E-state index < -0.39 is 15.4 Å². The van der Waals surface area contributed by atoms with Gasteiger partial charge in [-0.15, -0.1) is 0 Å². The van der Waals surface area contributed by atoms with Crippen LogP contribution in [0.2, 0.25) is 0 Å². The number of hydrogen-bond acceptors (Lipinski definition) is 10. The first-order valence-corrected chi connectivity index (χ1v) is 11.7. The third-order valence-electron chi connectivity index (χ3n) is 2.65. The molecule has 0 saturated carbocycles. The molecule has 0 fully saturated rings. The van der Waals surface area contributed by atoms with Crippen molar-refractivity contribution in [1.82, 2.24) is 0 Å². The van der Waals surface area contributed by atoms with Crippen molar-refractivity contribution in [3.63, 3.8) is 0 Å². The van der Waals surface area contributed by atoms with Gasteiger partial charge in [-0.1, -0.05) is 6.92 Å². The lowest BCUT2D eigenvalue weighted by atomic mass is 10.5. The summed E-state index contributed by atoms with van der Waals surface area (Å²) in [4.78, 5) is 0. The number of nitrogens with zero attached hydrogens (tertiary/aromatic N) is 1. The summed E-state index contributed by atoms with van der Waals surface area (Å²) < 4.78 is 59.4. The lowest BCUT2D eigenvalue weighted by Crippen LogP contribution is -2.11. The van der Waals surface area contributed by atoms with Crippen LogP contribution in [0.4, 0.5) is 0 Å². The van der Waals surface area contributed by atoms with Crippen LogP contribution in [0.3, 0.4) is 0 Å². The summed E-state index contributed by atoms with van der Waals surface area (Å²) in [6.45, 7) is 4.44. The minimum absolute atomic E-state index is 0.0430. The molecule has 0 aromatic rings. The van der Waals surface area contributed by atoms with Gasteiger partial charge >= 0.3 is 15.4 Å². The van der Waals surface area contributed by atoms with E-state index in [9.17, 15) is 9.13 Å². The number of ether oxygens (including phenoxy) is 2. The third kappa shape index (κ3) is 14.8. The summed E-state index contributed by atoms with van der Waals surface area (Å²) in [7, 11) is -5.52. The van der Waals surface area contributed by atoms with Crippen molar-refractivity contribution in [2.24, 2.45) is 0 Å². The first-order chi connectivity index (χ1) is 12.4. The Labute approximate surface area is 155 Å². The van der Waals surface area contributed by atoms with E-state index in [1.807, 2.05) is 13.0 Å². The monoisotopic (exact) mass is 417 g/mol. The lowest BCUT2D eigenvalue weighted by molar-refractivity contribution is 0.0404. The molecule has 0 aromatic heterocycles. The molecule has 0 radical (unpaired) electrons. The van der Waals surface area contributed by atoms with Crippen LogP contribution in [-0.2, 0) is 41.2 Å². The van der Waals surface area contributed by atoms with Crippen molar-refractivity contribution < 1.29 is 41.2 Å². The second kappa shape index (κ2) is 15.7. The quantitative estimate of drug-likeness (QED) is 0.243. The van der Waals surface area contributed by atoms with Gasteiger partial charge in [0.15, 0.2) is 0 Å². The number of rotatable bonds is 18. The van der Waals surface area contributed by atoms with Gasteiger partial charge in [-0.2, -0.15) is 5.26 Å². The second-order valence-electron chi connectivity index (χ2n) is 4.87. The molecule has 0 bridgehead atoms. The topological polar surface area (TPSA) is 123 Å². The molecule has 2 atom stereocenters. The maximum atomic E-state index is 12.4. The van der Waals surface area contributed by atoms with E-state index in [1.54, 1.807) is 0 Å². The fourth-order valence-corrected chi connectivity index (χ4v) is 3.04. The summed E-state index contributed by atoms with van der Waals surface area (Å²) in [5, 5.41) is 8.53. The number of phosphoric ester groups is 1. The standard InChI is InChI=1S/C14H29NO9P2/c1-4-7-19-10-13-23-26(17,22-8-5-6-15)24-14-11-20-9-12-21-25(3,16)18-2/h4-5,7-14H2,1-3H3. The fraction of sp³-hybridized carbons (Fsp3) is 0.929. The fourth-order valence-electron chi connectivity index (χ4n) is 1.39. The SMILES string of the molecule is CCCOCCOP(=O)(OCCC#N)OCCOCCOP(C)(=O)OC. The minimum Gasteiger partial charge on any atom is -0.379 e. The number of nitriles is 1. The molecule has 0 heterocycles. The molecule has 10 nitrogen and oxygen atoms in total. The first kappa shape index (κ1) is 25.7. The Bertz CT molecular complexity index is 484. The highest BCUT2D eigenvalue weighted by Crippen LogP contribution is 2.49. The largest absolute Gasteiger partial charge is 0.474 e. The second-order valence-corrected chi connectivity index (χ2v) is 8.70. The van der Waals surface area contributed by atoms with Crippen molar-refractivity contribution in [3.8, 4) is 6.07 Å². The molecule has 0 N–H and O–H groups in total. The van der Waals surface area contributed by atoms with Crippen LogP contribution in [0.1, 0.15) is 19.8 Å². The maximum absolute atomic E-state index is 12.4. The summed E-state index contributed by atoms with van der Waals surface area (Å²) in [5.74, 6) is 0.